The molecule has 26 heavy (non-hydrogen) atoms. The maximum absolute atomic E-state index is 12.2. The van der Waals surface area contributed by atoms with E-state index in [2.05, 4.69) is 15.6 Å². The summed E-state index contributed by atoms with van der Waals surface area (Å²) < 4.78 is 0. The molecule has 0 unspecified atom stereocenters. The third kappa shape index (κ3) is 4.91. The molecule has 0 aliphatic carbocycles. The molecule has 1 aromatic heterocycles. The minimum atomic E-state index is -0.268. The predicted molar refractivity (Wildman–Crippen MR) is 104 cm³/mol. The molecule has 0 aliphatic rings. The van der Waals surface area contributed by atoms with Gasteiger partial charge < -0.3 is 5.32 Å². The van der Waals surface area contributed by atoms with Gasteiger partial charge in [-0.1, -0.05) is 41.9 Å². The van der Waals surface area contributed by atoms with Gasteiger partial charge >= 0.3 is 0 Å². The summed E-state index contributed by atoms with van der Waals surface area (Å²) in [6.07, 6.45) is 0.699. The fourth-order valence-corrected chi connectivity index (χ4v) is 3.07. The summed E-state index contributed by atoms with van der Waals surface area (Å²) in [4.78, 5) is 28.4. The number of amides is 2. The number of nitrogens with zero attached hydrogens (tertiary/aromatic N) is 1. The van der Waals surface area contributed by atoms with Crippen LogP contribution < -0.4 is 10.6 Å². The van der Waals surface area contributed by atoms with Gasteiger partial charge in [0, 0.05) is 22.5 Å². The average molecular weight is 386 g/mol. The van der Waals surface area contributed by atoms with Gasteiger partial charge in [-0.2, -0.15) is 0 Å². The Morgan fingerprint density at radius 3 is 2.46 bits per heavy atom. The van der Waals surface area contributed by atoms with Crippen LogP contribution in [0.2, 0.25) is 5.02 Å². The van der Waals surface area contributed by atoms with Crippen molar-refractivity contribution in [1.29, 1.82) is 0 Å². The molecule has 7 heteroatoms. The molecule has 0 aliphatic heterocycles. The molecule has 2 aromatic carbocycles. The minimum absolute atomic E-state index is 0.255. The zero-order chi connectivity index (χ0) is 18.4. The van der Waals surface area contributed by atoms with Gasteiger partial charge in [-0.3, -0.25) is 14.9 Å². The van der Waals surface area contributed by atoms with Gasteiger partial charge in [0.1, 0.15) is 5.69 Å². The van der Waals surface area contributed by atoms with Crippen molar-refractivity contribution in [2.75, 3.05) is 11.9 Å². The molecular weight excluding hydrogens is 370 g/mol. The summed E-state index contributed by atoms with van der Waals surface area (Å²) >= 11 is 7.06. The first kappa shape index (κ1) is 18.1. The summed E-state index contributed by atoms with van der Waals surface area (Å²) in [5.41, 5.74) is 1.91. The molecule has 0 atom stereocenters. The molecule has 3 rings (SSSR count). The van der Waals surface area contributed by atoms with Gasteiger partial charge in [-0.25, -0.2) is 4.98 Å². The van der Waals surface area contributed by atoms with Crippen LogP contribution in [0.1, 0.15) is 26.4 Å². The topological polar surface area (TPSA) is 71.1 Å². The summed E-state index contributed by atoms with van der Waals surface area (Å²) in [7, 11) is 0. The lowest BCUT2D eigenvalue weighted by atomic mass is 10.1. The second-order valence-electron chi connectivity index (χ2n) is 5.49. The van der Waals surface area contributed by atoms with Gasteiger partial charge in [-0.05, 0) is 36.2 Å². The number of carbonyl (C=O) groups is 2. The van der Waals surface area contributed by atoms with E-state index < -0.39 is 0 Å². The Labute approximate surface area is 160 Å². The van der Waals surface area contributed by atoms with E-state index in [0.29, 0.717) is 28.7 Å². The third-order valence-corrected chi connectivity index (χ3v) is 4.62. The van der Waals surface area contributed by atoms with Crippen molar-refractivity contribution in [3.8, 4) is 0 Å². The number of aromatic nitrogens is 1. The third-order valence-electron chi connectivity index (χ3n) is 3.61. The molecule has 5 nitrogen and oxygen atoms in total. The quantitative estimate of drug-likeness (QED) is 0.673. The summed E-state index contributed by atoms with van der Waals surface area (Å²) in [6, 6.07) is 16.3. The molecule has 0 saturated carbocycles. The Balaban J connectivity index is 1.51. The van der Waals surface area contributed by atoms with Gasteiger partial charge in [0.15, 0.2) is 5.13 Å². The van der Waals surface area contributed by atoms with Crippen LogP contribution in [0, 0.1) is 0 Å². The lowest BCUT2D eigenvalue weighted by Crippen LogP contribution is -2.26. The Bertz CT molecular complexity index is 895. The number of thiazole rings is 1. The number of halogens is 1. The maximum Gasteiger partial charge on any atom is 0.270 e. The molecule has 0 spiro atoms. The largest absolute Gasteiger partial charge is 0.350 e. The highest BCUT2D eigenvalue weighted by Crippen LogP contribution is 2.16. The van der Waals surface area contributed by atoms with E-state index in [9.17, 15) is 9.59 Å². The van der Waals surface area contributed by atoms with Gasteiger partial charge in [0.05, 0.1) is 0 Å². The highest BCUT2D eigenvalue weighted by Gasteiger charge is 2.13. The molecule has 0 bridgehead atoms. The number of nitrogens with one attached hydrogen (secondary N) is 2. The minimum Gasteiger partial charge on any atom is -0.350 e. The van der Waals surface area contributed by atoms with Crippen molar-refractivity contribution in [3.05, 3.63) is 81.8 Å². The SMILES string of the molecule is O=C(Nc1nc(C(=O)NCCc2ccc(Cl)cc2)cs1)c1ccccc1. The van der Waals surface area contributed by atoms with E-state index in [4.69, 9.17) is 11.6 Å². The molecule has 2 amide bonds. The number of carbonyl (C=O) groups excluding carboxylic acids is 2. The first-order valence-electron chi connectivity index (χ1n) is 7.96. The van der Waals surface area contributed by atoms with Crippen molar-refractivity contribution in [2.24, 2.45) is 0 Å². The van der Waals surface area contributed by atoms with Crippen molar-refractivity contribution in [2.45, 2.75) is 6.42 Å². The zero-order valence-electron chi connectivity index (χ0n) is 13.7. The van der Waals surface area contributed by atoms with Crippen LogP contribution in [0.5, 0.6) is 0 Å². The van der Waals surface area contributed by atoms with Crippen LogP contribution in [-0.2, 0) is 6.42 Å². The molecule has 0 fully saturated rings. The van der Waals surface area contributed by atoms with E-state index in [1.165, 1.54) is 11.3 Å². The van der Waals surface area contributed by atoms with Crippen molar-refractivity contribution in [3.63, 3.8) is 0 Å². The Kier molecular flexibility index (Phi) is 5.99. The standard InChI is InChI=1S/C19H16ClN3O2S/c20-15-8-6-13(7-9-15)10-11-21-18(25)16-12-26-19(22-16)23-17(24)14-4-2-1-3-5-14/h1-9,12H,10-11H2,(H,21,25)(H,22,23,24). The van der Waals surface area contributed by atoms with E-state index in [0.717, 1.165) is 5.56 Å². The summed E-state index contributed by atoms with van der Waals surface area (Å²) in [5.74, 6) is -0.523. The number of hydrogen-bond acceptors (Lipinski definition) is 4. The Morgan fingerprint density at radius 2 is 1.73 bits per heavy atom. The van der Waals surface area contributed by atoms with E-state index in [1.54, 1.807) is 29.6 Å². The van der Waals surface area contributed by atoms with Crippen LogP contribution in [0.15, 0.2) is 60.0 Å². The van der Waals surface area contributed by atoms with E-state index >= 15 is 0 Å². The van der Waals surface area contributed by atoms with Crippen molar-refractivity contribution < 1.29 is 9.59 Å². The molecule has 2 N–H and O–H groups in total. The number of rotatable bonds is 6. The monoisotopic (exact) mass is 385 g/mol. The van der Waals surface area contributed by atoms with Crippen LogP contribution in [-0.4, -0.2) is 23.3 Å². The van der Waals surface area contributed by atoms with E-state index in [1.807, 2.05) is 30.3 Å². The predicted octanol–water partition coefficient (Wildman–Crippen LogP) is 4.02. The average Bonchev–Trinajstić information content (AvgIpc) is 3.12. The van der Waals surface area contributed by atoms with Crippen molar-refractivity contribution >= 4 is 39.9 Å². The smallest absolute Gasteiger partial charge is 0.270 e. The lowest BCUT2D eigenvalue weighted by Gasteiger charge is -2.04. The number of hydrogen-bond donors (Lipinski definition) is 2. The highest BCUT2D eigenvalue weighted by molar-refractivity contribution is 7.14. The summed E-state index contributed by atoms with van der Waals surface area (Å²) in [5, 5.41) is 8.22. The van der Waals surface area contributed by atoms with E-state index in [-0.39, 0.29) is 17.5 Å². The molecule has 0 saturated heterocycles. The lowest BCUT2D eigenvalue weighted by molar-refractivity contribution is 0.0948. The van der Waals surface area contributed by atoms with Gasteiger partial charge in [0.25, 0.3) is 11.8 Å². The molecular formula is C19H16ClN3O2S. The molecule has 132 valence electrons. The number of benzene rings is 2. The zero-order valence-corrected chi connectivity index (χ0v) is 15.3. The summed E-state index contributed by atoms with van der Waals surface area (Å²) in [6.45, 7) is 0.490. The van der Waals surface area contributed by atoms with Crippen LogP contribution in [0.3, 0.4) is 0 Å². The first-order chi connectivity index (χ1) is 12.6. The second-order valence-corrected chi connectivity index (χ2v) is 6.78. The fraction of sp³-hybridized carbons (Fsp3) is 0.105. The number of anilines is 1. The van der Waals surface area contributed by atoms with Crippen LogP contribution in [0.4, 0.5) is 5.13 Å². The fourth-order valence-electron chi connectivity index (χ4n) is 2.26. The molecule has 1 heterocycles. The van der Waals surface area contributed by atoms with Gasteiger partial charge in [-0.15, -0.1) is 11.3 Å². The highest BCUT2D eigenvalue weighted by atomic mass is 35.5. The Hall–Kier alpha value is -2.70. The molecule has 3 aromatic rings. The first-order valence-corrected chi connectivity index (χ1v) is 9.22. The second kappa shape index (κ2) is 8.60. The van der Waals surface area contributed by atoms with Crippen molar-refractivity contribution in [1.82, 2.24) is 10.3 Å². The normalized spacial score (nSPS) is 10.3. The van der Waals surface area contributed by atoms with Crippen LogP contribution >= 0.6 is 22.9 Å². The molecule has 0 radical (unpaired) electrons. The van der Waals surface area contributed by atoms with Gasteiger partial charge in [0.2, 0.25) is 0 Å². The maximum atomic E-state index is 12.2. The van der Waals surface area contributed by atoms with Crippen LogP contribution in [0.25, 0.3) is 0 Å². The Morgan fingerprint density at radius 1 is 1.00 bits per heavy atom.